The number of likely N-dealkylation sites (N-methyl/N-ethyl adjacent to an activating group) is 1. The lowest BCUT2D eigenvalue weighted by Crippen LogP contribution is -2.44. The van der Waals surface area contributed by atoms with Gasteiger partial charge in [-0.1, -0.05) is 0 Å². The van der Waals surface area contributed by atoms with Crippen LogP contribution in [-0.2, 0) is 7.05 Å². The molecule has 0 atom stereocenters. The highest BCUT2D eigenvalue weighted by Crippen LogP contribution is 2.21. The van der Waals surface area contributed by atoms with Gasteiger partial charge in [-0.2, -0.15) is 0 Å². The van der Waals surface area contributed by atoms with Crippen LogP contribution >= 0.6 is 0 Å². The van der Waals surface area contributed by atoms with Gasteiger partial charge in [-0.05, 0) is 25.2 Å². The number of carbonyl (C=O) groups excluding carboxylic acids is 1. The molecule has 2 heterocycles. The molecule has 0 bridgehead atoms. The van der Waals surface area contributed by atoms with Crippen LogP contribution in [0.15, 0.2) is 29.2 Å². The number of pyridine rings is 1. The molecule has 5 heteroatoms. The Hall–Kier alpha value is -2.14. The minimum absolute atomic E-state index is 0.192. The molecule has 0 unspecified atom stereocenters. The summed E-state index contributed by atoms with van der Waals surface area (Å²) in [5, 5.41) is 0.597. The summed E-state index contributed by atoms with van der Waals surface area (Å²) in [6.07, 6.45) is 2.22. The third kappa shape index (κ3) is 2.45. The number of hydrogen-bond acceptors (Lipinski definition) is 4. The van der Waals surface area contributed by atoms with Crippen molar-refractivity contribution in [1.82, 2.24) is 9.47 Å². The van der Waals surface area contributed by atoms with Crippen molar-refractivity contribution in [3.05, 3.63) is 40.2 Å². The summed E-state index contributed by atoms with van der Waals surface area (Å²) in [4.78, 5) is 27.8. The smallest absolute Gasteiger partial charge is 0.199 e. The molecule has 3 rings (SSSR count). The van der Waals surface area contributed by atoms with Gasteiger partial charge in [-0.25, -0.2) is 0 Å². The number of carbonyl (C=O) groups is 1. The van der Waals surface area contributed by atoms with E-state index in [-0.39, 0.29) is 11.0 Å². The topological polar surface area (TPSA) is 45.6 Å². The number of fused-ring (bicyclic) bond motifs is 1. The fraction of sp³-hybridized carbons (Fsp3) is 0.375. The third-order valence-corrected chi connectivity index (χ3v) is 4.20. The van der Waals surface area contributed by atoms with E-state index in [0.717, 1.165) is 37.4 Å². The standard InChI is InChI=1S/C16H19N3O2/c1-17-5-7-19(8-6-17)13-3-4-14-15(9-13)18(2)10-12(11-20)16(14)21/h3-4,9-11H,5-8H2,1-2H3. The zero-order valence-corrected chi connectivity index (χ0v) is 12.4. The third-order valence-electron chi connectivity index (χ3n) is 4.20. The summed E-state index contributed by atoms with van der Waals surface area (Å²) in [6, 6.07) is 5.85. The van der Waals surface area contributed by atoms with Crippen LogP contribution < -0.4 is 10.3 Å². The lowest BCUT2D eigenvalue weighted by molar-refractivity contribution is 0.112. The molecule has 0 saturated carbocycles. The highest BCUT2D eigenvalue weighted by molar-refractivity contribution is 5.88. The molecule has 5 nitrogen and oxygen atoms in total. The van der Waals surface area contributed by atoms with Crippen LogP contribution in [-0.4, -0.2) is 49.0 Å². The van der Waals surface area contributed by atoms with Crippen LogP contribution in [0.2, 0.25) is 0 Å². The van der Waals surface area contributed by atoms with Gasteiger partial charge in [0.25, 0.3) is 0 Å². The van der Waals surface area contributed by atoms with Crippen molar-refractivity contribution in [1.29, 1.82) is 0 Å². The second-order valence-electron chi connectivity index (χ2n) is 5.63. The molecular weight excluding hydrogens is 266 g/mol. The summed E-state index contributed by atoms with van der Waals surface area (Å²) in [7, 11) is 3.99. The number of nitrogens with zero attached hydrogens (tertiary/aromatic N) is 3. The number of rotatable bonds is 2. The molecule has 0 spiro atoms. The number of benzene rings is 1. The highest BCUT2D eigenvalue weighted by Gasteiger charge is 2.15. The highest BCUT2D eigenvalue weighted by atomic mass is 16.1. The molecule has 0 radical (unpaired) electrons. The van der Waals surface area contributed by atoms with Gasteiger partial charge in [0.15, 0.2) is 11.7 Å². The van der Waals surface area contributed by atoms with Gasteiger partial charge in [0.05, 0.1) is 11.1 Å². The Morgan fingerprint density at radius 1 is 1.10 bits per heavy atom. The second-order valence-corrected chi connectivity index (χ2v) is 5.63. The Bertz CT molecular complexity index is 743. The Balaban J connectivity index is 2.06. The first-order valence-corrected chi connectivity index (χ1v) is 7.12. The molecule has 1 aromatic heterocycles. The first-order chi connectivity index (χ1) is 10.1. The van der Waals surface area contributed by atoms with Crippen molar-refractivity contribution in [3.8, 4) is 0 Å². The molecule has 0 aliphatic carbocycles. The van der Waals surface area contributed by atoms with E-state index in [9.17, 15) is 9.59 Å². The lowest BCUT2D eigenvalue weighted by Gasteiger charge is -2.34. The molecule has 1 aliphatic heterocycles. The predicted molar refractivity (Wildman–Crippen MR) is 84.3 cm³/mol. The fourth-order valence-electron chi connectivity index (χ4n) is 2.84. The van der Waals surface area contributed by atoms with Gasteiger partial charge in [0.2, 0.25) is 0 Å². The normalized spacial score (nSPS) is 16.4. The van der Waals surface area contributed by atoms with Crippen molar-refractivity contribution >= 4 is 22.9 Å². The Morgan fingerprint density at radius 2 is 1.81 bits per heavy atom. The van der Waals surface area contributed by atoms with Crippen molar-refractivity contribution in [2.24, 2.45) is 7.05 Å². The molecule has 0 N–H and O–H groups in total. The van der Waals surface area contributed by atoms with Gasteiger partial charge in [-0.3, -0.25) is 9.59 Å². The average molecular weight is 285 g/mol. The Kier molecular flexibility index (Phi) is 3.51. The number of aromatic nitrogens is 1. The summed E-state index contributed by atoms with van der Waals surface area (Å²) >= 11 is 0. The molecule has 1 aliphatic rings. The summed E-state index contributed by atoms with van der Waals surface area (Å²) in [6.45, 7) is 4.06. The molecule has 1 saturated heterocycles. The largest absolute Gasteiger partial charge is 0.369 e. The number of aldehydes is 1. The maximum Gasteiger partial charge on any atom is 0.199 e. The van der Waals surface area contributed by atoms with E-state index >= 15 is 0 Å². The molecular formula is C16H19N3O2. The SMILES string of the molecule is CN1CCN(c2ccc3c(=O)c(C=O)cn(C)c3c2)CC1. The predicted octanol–water partition coefficient (Wildman–Crippen LogP) is 1.10. The van der Waals surface area contributed by atoms with Crippen LogP contribution in [0.3, 0.4) is 0 Å². The Labute approximate surface area is 123 Å². The van der Waals surface area contributed by atoms with Crippen LogP contribution in [0.5, 0.6) is 0 Å². The molecule has 110 valence electrons. The monoisotopic (exact) mass is 285 g/mol. The van der Waals surface area contributed by atoms with Gasteiger partial charge in [0, 0.05) is 50.5 Å². The fourth-order valence-corrected chi connectivity index (χ4v) is 2.84. The van der Waals surface area contributed by atoms with E-state index in [1.165, 1.54) is 0 Å². The van der Waals surface area contributed by atoms with E-state index in [1.807, 2.05) is 29.8 Å². The average Bonchev–Trinajstić information content (AvgIpc) is 2.51. The zero-order valence-electron chi connectivity index (χ0n) is 12.4. The van der Waals surface area contributed by atoms with Gasteiger partial charge in [-0.15, -0.1) is 0 Å². The molecule has 1 fully saturated rings. The van der Waals surface area contributed by atoms with E-state index in [4.69, 9.17) is 0 Å². The van der Waals surface area contributed by atoms with Gasteiger partial charge < -0.3 is 14.4 Å². The summed E-state index contributed by atoms with van der Waals surface area (Å²) in [5.41, 5.74) is 2.01. The number of hydrogen-bond donors (Lipinski definition) is 0. The quantitative estimate of drug-likeness (QED) is 0.775. The molecule has 1 aromatic carbocycles. The van der Waals surface area contributed by atoms with Gasteiger partial charge >= 0.3 is 0 Å². The first kappa shape index (κ1) is 13.8. The van der Waals surface area contributed by atoms with E-state index < -0.39 is 0 Å². The van der Waals surface area contributed by atoms with Crippen LogP contribution in [0.4, 0.5) is 5.69 Å². The van der Waals surface area contributed by atoms with Crippen molar-refractivity contribution in [3.63, 3.8) is 0 Å². The molecule has 0 amide bonds. The van der Waals surface area contributed by atoms with Crippen LogP contribution in [0.25, 0.3) is 10.9 Å². The Morgan fingerprint density at radius 3 is 2.48 bits per heavy atom. The minimum atomic E-state index is -0.192. The van der Waals surface area contributed by atoms with E-state index in [1.54, 1.807) is 6.20 Å². The van der Waals surface area contributed by atoms with Crippen molar-refractivity contribution in [2.45, 2.75) is 0 Å². The summed E-state index contributed by atoms with van der Waals surface area (Å²) in [5.74, 6) is 0. The molecule has 2 aromatic rings. The van der Waals surface area contributed by atoms with E-state index in [2.05, 4.69) is 16.8 Å². The maximum absolute atomic E-state index is 12.2. The molecule has 21 heavy (non-hydrogen) atoms. The van der Waals surface area contributed by atoms with Crippen LogP contribution in [0, 0.1) is 0 Å². The van der Waals surface area contributed by atoms with Gasteiger partial charge in [0.1, 0.15) is 0 Å². The lowest BCUT2D eigenvalue weighted by atomic mass is 10.1. The zero-order chi connectivity index (χ0) is 15.0. The second kappa shape index (κ2) is 5.33. The van der Waals surface area contributed by atoms with Crippen molar-refractivity contribution < 1.29 is 4.79 Å². The van der Waals surface area contributed by atoms with Crippen molar-refractivity contribution in [2.75, 3.05) is 38.1 Å². The summed E-state index contributed by atoms with van der Waals surface area (Å²) < 4.78 is 1.85. The number of anilines is 1. The number of piperazine rings is 1. The minimum Gasteiger partial charge on any atom is -0.369 e. The number of aryl methyl sites for hydroxylation is 1. The van der Waals surface area contributed by atoms with Crippen LogP contribution in [0.1, 0.15) is 10.4 Å². The van der Waals surface area contributed by atoms with E-state index in [0.29, 0.717) is 11.7 Å². The first-order valence-electron chi connectivity index (χ1n) is 7.12. The maximum atomic E-state index is 12.2.